The van der Waals surface area contributed by atoms with Crippen LogP contribution < -0.4 is 4.90 Å². The zero-order chi connectivity index (χ0) is 16.3. The van der Waals surface area contributed by atoms with Crippen molar-refractivity contribution < 1.29 is 9.53 Å². The molecule has 1 aliphatic rings. The lowest BCUT2D eigenvalue weighted by atomic mass is 10.0. The van der Waals surface area contributed by atoms with E-state index in [9.17, 15) is 4.79 Å². The molecule has 0 radical (unpaired) electrons. The molecule has 0 aromatic heterocycles. The fourth-order valence-corrected chi connectivity index (χ4v) is 2.54. The number of ether oxygens (including phenoxy) is 1. The van der Waals surface area contributed by atoms with Crippen LogP contribution in [-0.2, 0) is 4.74 Å². The lowest BCUT2D eigenvalue weighted by Gasteiger charge is -2.36. The maximum atomic E-state index is 12.1. The van der Waals surface area contributed by atoms with Crippen LogP contribution in [-0.4, -0.2) is 42.8 Å². The highest BCUT2D eigenvalue weighted by molar-refractivity contribution is 5.68. The summed E-state index contributed by atoms with van der Waals surface area (Å²) in [7, 11) is 0. The molecule has 1 fully saturated rings. The fourth-order valence-electron chi connectivity index (χ4n) is 2.54. The van der Waals surface area contributed by atoms with Crippen LogP contribution in [0.15, 0.2) is 24.3 Å². The Morgan fingerprint density at radius 2 is 1.59 bits per heavy atom. The van der Waals surface area contributed by atoms with Gasteiger partial charge in [-0.1, -0.05) is 26.0 Å². The van der Waals surface area contributed by atoms with Gasteiger partial charge in [-0.25, -0.2) is 4.79 Å². The van der Waals surface area contributed by atoms with E-state index in [0.29, 0.717) is 19.0 Å². The number of carbonyl (C=O) groups is 1. The maximum Gasteiger partial charge on any atom is 0.410 e. The van der Waals surface area contributed by atoms with Gasteiger partial charge >= 0.3 is 6.09 Å². The largest absolute Gasteiger partial charge is 0.444 e. The van der Waals surface area contributed by atoms with Gasteiger partial charge in [-0.2, -0.15) is 0 Å². The summed E-state index contributed by atoms with van der Waals surface area (Å²) < 4.78 is 5.43. The number of amides is 1. The number of hydrogen-bond acceptors (Lipinski definition) is 3. The number of anilines is 1. The van der Waals surface area contributed by atoms with Crippen molar-refractivity contribution in [2.75, 3.05) is 31.1 Å². The van der Waals surface area contributed by atoms with Gasteiger partial charge in [0.15, 0.2) is 0 Å². The molecule has 0 bridgehead atoms. The van der Waals surface area contributed by atoms with Crippen molar-refractivity contribution in [1.82, 2.24) is 4.90 Å². The molecule has 4 heteroatoms. The van der Waals surface area contributed by atoms with Gasteiger partial charge in [0.1, 0.15) is 5.60 Å². The van der Waals surface area contributed by atoms with E-state index in [1.165, 1.54) is 11.3 Å². The van der Waals surface area contributed by atoms with E-state index < -0.39 is 5.60 Å². The Bertz CT molecular complexity index is 495. The summed E-state index contributed by atoms with van der Waals surface area (Å²) in [6.45, 7) is 13.2. The summed E-state index contributed by atoms with van der Waals surface area (Å²) >= 11 is 0. The molecule has 0 N–H and O–H groups in total. The van der Waals surface area contributed by atoms with Crippen LogP contribution in [0.1, 0.15) is 46.1 Å². The van der Waals surface area contributed by atoms with Crippen LogP contribution in [0.25, 0.3) is 0 Å². The fraction of sp³-hybridized carbons (Fsp3) is 0.611. The third-order valence-corrected chi connectivity index (χ3v) is 3.86. The van der Waals surface area contributed by atoms with Crippen LogP contribution in [0, 0.1) is 0 Å². The molecule has 0 spiro atoms. The molecule has 1 aromatic carbocycles. The molecule has 2 rings (SSSR count). The summed E-state index contributed by atoms with van der Waals surface area (Å²) in [5, 5.41) is 0. The Labute approximate surface area is 134 Å². The lowest BCUT2D eigenvalue weighted by Crippen LogP contribution is -2.50. The third kappa shape index (κ3) is 4.39. The Hall–Kier alpha value is -1.71. The topological polar surface area (TPSA) is 32.8 Å². The first-order valence-corrected chi connectivity index (χ1v) is 8.09. The van der Waals surface area contributed by atoms with Gasteiger partial charge < -0.3 is 14.5 Å². The van der Waals surface area contributed by atoms with Gasteiger partial charge in [0, 0.05) is 31.9 Å². The van der Waals surface area contributed by atoms with Gasteiger partial charge in [-0.05, 0) is 44.4 Å². The summed E-state index contributed by atoms with van der Waals surface area (Å²) in [5.74, 6) is 0.554. The van der Waals surface area contributed by atoms with Crippen molar-refractivity contribution in [2.45, 2.75) is 46.1 Å². The van der Waals surface area contributed by atoms with Crippen molar-refractivity contribution in [2.24, 2.45) is 0 Å². The molecule has 122 valence electrons. The van der Waals surface area contributed by atoms with E-state index in [-0.39, 0.29) is 6.09 Å². The highest BCUT2D eigenvalue weighted by atomic mass is 16.6. The quantitative estimate of drug-likeness (QED) is 0.831. The number of hydrogen-bond donors (Lipinski definition) is 0. The minimum Gasteiger partial charge on any atom is -0.444 e. The molecule has 0 atom stereocenters. The molecule has 1 aromatic rings. The van der Waals surface area contributed by atoms with Gasteiger partial charge in [0.25, 0.3) is 0 Å². The monoisotopic (exact) mass is 304 g/mol. The van der Waals surface area contributed by atoms with Crippen LogP contribution in [0.4, 0.5) is 10.5 Å². The average molecular weight is 304 g/mol. The van der Waals surface area contributed by atoms with Gasteiger partial charge in [-0.15, -0.1) is 0 Å². The Morgan fingerprint density at radius 3 is 2.05 bits per heavy atom. The Kier molecular flexibility index (Phi) is 4.99. The predicted molar refractivity (Wildman–Crippen MR) is 90.6 cm³/mol. The minimum absolute atomic E-state index is 0.206. The molecule has 22 heavy (non-hydrogen) atoms. The van der Waals surface area contributed by atoms with Crippen LogP contribution in [0.3, 0.4) is 0 Å². The van der Waals surface area contributed by atoms with Gasteiger partial charge in [0.05, 0.1) is 0 Å². The van der Waals surface area contributed by atoms with E-state index in [1.807, 2.05) is 20.8 Å². The highest BCUT2D eigenvalue weighted by Gasteiger charge is 2.25. The highest BCUT2D eigenvalue weighted by Crippen LogP contribution is 2.21. The van der Waals surface area contributed by atoms with Crippen LogP contribution in [0.5, 0.6) is 0 Å². The standard InChI is InChI=1S/C18H28N2O2/c1-14(2)15-6-8-16(9-7-15)19-10-12-20(13-11-19)17(21)22-18(3,4)5/h6-9,14H,10-13H2,1-5H3. The first-order valence-electron chi connectivity index (χ1n) is 8.09. The zero-order valence-corrected chi connectivity index (χ0v) is 14.4. The van der Waals surface area contributed by atoms with Gasteiger partial charge in [-0.3, -0.25) is 0 Å². The predicted octanol–water partition coefficient (Wildman–Crippen LogP) is 3.87. The van der Waals surface area contributed by atoms with Crippen molar-refractivity contribution in [3.63, 3.8) is 0 Å². The number of piperazine rings is 1. The summed E-state index contributed by atoms with van der Waals surface area (Å²) in [6.07, 6.45) is -0.206. The smallest absolute Gasteiger partial charge is 0.410 e. The molecule has 1 heterocycles. The molecular weight excluding hydrogens is 276 g/mol. The van der Waals surface area contributed by atoms with Crippen molar-refractivity contribution in [3.8, 4) is 0 Å². The molecule has 0 unspecified atom stereocenters. The maximum absolute atomic E-state index is 12.1. The second-order valence-corrected chi connectivity index (χ2v) is 7.20. The average Bonchev–Trinajstić information content (AvgIpc) is 2.46. The van der Waals surface area contributed by atoms with Crippen molar-refractivity contribution in [3.05, 3.63) is 29.8 Å². The van der Waals surface area contributed by atoms with E-state index in [4.69, 9.17) is 4.74 Å². The molecule has 0 aliphatic carbocycles. The summed E-state index contributed by atoms with van der Waals surface area (Å²) in [5.41, 5.74) is 2.16. The molecule has 4 nitrogen and oxygen atoms in total. The molecule has 0 saturated carbocycles. The minimum atomic E-state index is -0.430. The van der Waals surface area contributed by atoms with Gasteiger partial charge in [0.2, 0.25) is 0 Å². The van der Waals surface area contributed by atoms with Crippen LogP contribution in [0.2, 0.25) is 0 Å². The number of benzene rings is 1. The molecule has 1 saturated heterocycles. The van der Waals surface area contributed by atoms with Crippen molar-refractivity contribution >= 4 is 11.8 Å². The Morgan fingerprint density at radius 1 is 1.05 bits per heavy atom. The summed E-state index contributed by atoms with van der Waals surface area (Å²) in [4.78, 5) is 16.2. The second kappa shape index (κ2) is 6.59. The van der Waals surface area contributed by atoms with E-state index in [1.54, 1.807) is 4.90 Å². The first-order chi connectivity index (χ1) is 10.3. The SMILES string of the molecule is CC(C)c1ccc(N2CCN(C(=O)OC(C)(C)C)CC2)cc1. The number of nitrogens with zero attached hydrogens (tertiary/aromatic N) is 2. The normalized spacial score (nSPS) is 16.1. The summed E-state index contributed by atoms with van der Waals surface area (Å²) in [6, 6.07) is 8.75. The zero-order valence-electron chi connectivity index (χ0n) is 14.4. The first kappa shape index (κ1) is 16.7. The van der Waals surface area contributed by atoms with Crippen LogP contribution >= 0.6 is 0 Å². The number of rotatable bonds is 2. The van der Waals surface area contributed by atoms with E-state index in [2.05, 4.69) is 43.0 Å². The Balaban J connectivity index is 1.90. The third-order valence-electron chi connectivity index (χ3n) is 3.86. The molecule has 1 amide bonds. The van der Waals surface area contributed by atoms with Crippen molar-refractivity contribution in [1.29, 1.82) is 0 Å². The second-order valence-electron chi connectivity index (χ2n) is 7.20. The van der Waals surface area contributed by atoms with E-state index in [0.717, 1.165) is 13.1 Å². The molecule has 1 aliphatic heterocycles. The number of carbonyl (C=O) groups excluding carboxylic acids is 1. The van der Waals surface area contributed by atoms with E-state index >= 15 is 0 Å². The lowest BCUT2D eigenvalue weighted by molar-refractivity contribution is 0.0240. The molecular formula is C18H28N2O2.